The molecule has 2 rings (SSSR count). The van der Waals surface area contributed by atoms with E-state index < -0.39 is 0 Å². The minimum atomic E-state index is -0.354. The standard InChI is InChI=1S/C11H9ClN4O/c12-8-4-3-7-14-10(8)15-16-11(17)9-5-1-2-6-13-9/h1-7H,(H,14,15)(H,16,17). The van der Waals surface area contributed by atoms with Gasteiger partial charge in [0.05, 0.1) is 5.02 Å². The molecule has 0 saturated heterocycles. The Morgan fingerprint density at radius 2 is 1.94 bits per heavy atom. The van der Waals surface area contributed by atoms with Crippen LogP contribution in [0.1, 0.15) is 10.5 Å². The molecule has 0 fully saturated rings. The van der Waals surface area contributed by atoms with Gasteiger partial charge in [0.1, 0.15) is 5.69 Å². The van der Waals surface area contributed by atoms with Gasteiger partial charge in [-0.15, -0.1) is 0 Å². The summed E-state index contributed by atoms with van der Waals surface area (Å²) in [5.41, 5.74) is 5.40. The number of hydrogen-bond donors (Lipinski definition) is 2. The summed E-state index contributed by atoms with van der Waals surface area (Å²) >= 11 is 5.86. The maximum absolute atomic E-state index is 11.6. The molecule has 17 heavy (non-hydrogen) atoms. The van der Waals surface area contributed by atoms with Crippen molar-refractivity contribution in [2.75, 3.05) is 5.43 Å². The van der Waals surface area contributed by atoms with Crippen molar-refractivity contribution in [1.29, 1.82) is 0 Å². The molecule has 5 nitrogen and oxygen atoms in total. The smallest absolute Gasteiger partial charge is 0.280 e. The fourth-order valence-corrected chi connectivity index (χ4v) is 1.32. The molecular formula is C11H9ClN4O. The lowest BCUT2D eigenvalue weighted by Crippen LogP contribution is -2.30. The average Bonchev–Trinajstić information content (AvgIpc) is 2.38. The fraction of sp³-hybridized carbons (Fsp3) is 0. The highest BCUT2D eigenvalue weighted by Crippen LogP contribution is 2.16. The third-order valence-corrected chi connectivity index (χ3v) is 2.26. The van der Waals surface area contributed by atoms with Gasteiger partial charge in [0, 0.05) is 12.4 Å². The van der Waals surface area contributed by atoms with Crippen molar-refractivity contribution in [3.05, 3.63) is 53.4 Å². The fourth-order valence-electron chi connectivity index (χ4n) is 1.15. The third-order valence-electron chi connectivity index (χ3n) is 1.95. The van der Waals surface area contributed by atoms with Crippen LogP contribution in [0.15, 0.2) is 42.7 Å². The summed E-state index contributed by atoms with van der Waals surface area (Å²) in [5, 5.41) is 0.425. The van der Waals surface area contributed by atoms with Crippen LogP contribution in [0.4, 0.5) is 5.82 Å². The van der Waals surface area contributed by atoms with Gasteiger partial charge in [0.15, 0.2) is 5.82 Å². The molecule has 2 aromatic heterocycles. The summed E-state index contributed by atoms with van der Waals surface area (Å²) in [5.74, 6) is 0.0331. The third kappa shape index (κ3) is 2.92. The Balaban J connectivity index is 2.00. The number of carbonyl (C=O) groups excluding carboxylic acids is 1. The SMILES string of the molecule is O=C(NNc1ncccc1Cl)c1ccccn1. The first-order valence-electron chi connectivity index (χ1n) is 4.85. The first-order chi connectivity index (χ1) is 8.27. The van der Waals surface area contributed by atoms with E-state index >= 15 is 0 Å². The van der Waals surface area contributed by atoms with Crippen LogP contribution in [-0.2, 0) is 0 Å². The number of carbonyl (C=O) groups is 1. The van der Waals surface area contributed by atoms with Gasteiger partial charge in [0.2, 0.25) is 0 Å². The molecule has 0 aliphatic heterocycles. The summed E-state index contributed by atoms with van der Waals surface area (Å²) in [6.45, 7) is 0. The van der Waals surface area contributed by atoms with E-state index in [1.807, 2.05) is 0 Å². The van der Waals surface area contributed by atoms with Crippen LogP contribution < -0.4 is 10.9 Å². The molecule has 0 bridgehead atoms. The summed E-state index contributed by atoms with van der Waals surface area (Å²) in [7, 11) is 0. The molecule has 1 amide bonds. The first kappa shape index (κ1) is 11.3. The highest BCUT2D eigenvalue weighted by molar-refractivity contribution is 6.32. The summed E-state index contributed by atoms with van der Waals surface area (Å²) in [4.78, 5) is 19.5. The van der Waals surface area contributed by atoms with E-state index in [0.29, 0.717) is 16.5 Å². The van der Waals surface area contributed by atoms with Gasteiger partial charge >= 0.3 is 0 Å². The molecule has 0 saturated carbocycles. The van der Waals surface area contributed by atoms with Gasteiger partial charge in [-0.05, 0) is 24.3 Å². The van der Waals surface area contributed by atoms with Crippen LogP contribution in [0.2, 0.25) is 5.02 Å². The number of pyridine rings is 2. The summed E-state index contributed by atoms with van der Waals surface area (Å²) in [6.07, 6.45) is 3.11. The van der Waals surface area contributed by atoms with E-state index in [-0.39, 0.29) is 5.91 Å². The minimum Gasteiger partial charge on any atom is -0.280 e. The van der Waals surface area contributed by atoms with Crippen LogP contribution in [0, 0.1) is 0 Å². The number of anilines is 1. The maximum atomic E-state index is 11.6. The second kappa shape index (κ2) is 5.27. The Bertz CT molecular complexity index is 518. The van der Waals surface area contributed by atoms with Crippen molar-refractivity contribution in [2.24, 2.45) is 0 Å². The van der Waals surface area contributed by atoms with E-state index in [1.165, 1.54) is 0 Å². The molecule has 0 unspecified atom stereocenters. The quantitative estimate of drug-likeness (QED) is 0.814. The second-order valence-electron chi connectivity index (χ2n) is 3.13. The molecule has 0 aliphatic carbocycles. The monoisotopic (exact) mass is 248 g/mol. The van der Waals surface area contributed by atoms with Crippen molar-refractivity contribution in [3.63, 3.8) is 0 Å². The number of rotatable bonds is 3. The van der Waals surface area contributed by atoms with Crippen LogP contribution >= 0.6 is 11.6 Å². The number of nitrogens with one attached hydrogen (secondary N) is 2. The van der Waals surface area contributed by atoms with E-state index in [9.17, 15) is 4.79 Å². The first-order valence-corrected chi connectivity index (χ1v) is 5.23. The topological polar surface area (TPSA) is 66.9 Å². The zero-order valence-corrected chi connectivity index (χ0v) is 9.48. The molecule has 0 radical (unpaired) electrons. The Kier molecular flexibility index (Phi) is 3.52. The number of nitrogens with zero attached hydrogens (tertiary/aromatic N) is 2. The Morgan fingerprint density at radius 3 is 2.65 bits per heavy atom. The zero-order chi connectivity index (χ0) is 12.1. The van der Waals surface area contributed by atoms with E-state index in [1.54, 1.807) is 42.7 Å². The lowest BCUT2D eigenvalue weighted by Gasteiger charge is -2.07. The van der Waals surface area contributed by atoms with Crippen molar-refractivity contribution in [1.82, 2.24) is 15.4 Å². The Labute approximate surface area is 103 Å². The van der Waals surface area contributed by atoms with Crippen LogP contribution in [-0.4, -0.2) is 15.9 Å². The number of aromatic nitrogens is 2. The number of hydrogen-bond acceptors (Lipinski definition) is 4. The molecule has 2 aromatic rings. The molecule has 2 N–H and O–H groups in total. The average molecular weight is 249 g/mol. The molecule has 6 heteroatoms. The predicted molar refractivity (Wildman–Crippen MR) is 64.6 cm³/mol. The number of amides is 1. The van der Waals surface area contributed by atoms with Crippen LogP contribution in [0.5, 0.6) is 0 Å². The molecule has 0 aromatic carbocycles. The Morgan fingerprint density at radius 1 is 1.12 bits per heavy atom. The lowest BCUT2D eigenvalue weighted by molar-refractivity contribution is 0.0957. The van der Waals surface area contributed by atoms with Gasteiger partial charge in [-0.2, -0.15) is 0 Å². The van der Waals surface area contributed by atoms with Gasteiger partial charge in [0.25, 0.3) is 5.91 Å². The van der Waals surface area contributed by atoms with E-state index in [2.05, 4.69) is 20.8 Å². The largest absolute Gasteiger partial charge is 0.288 e. The molecule has 0 spiro atoms. The molecule has 0 aliphatic rings. The van der Waals surface area contributed by atoms with Crippen LogP contribution in [0.25, 0.3) is 0 Å². The molecule has 86 valence electrons. The van der Waals surface area contributed by atoms with Gasteiger partial charge in [-0.25, -0.2) is 4.98 Å². The van der Waals surface area contributed by atoms with Gasteiger partial charge in [-0.1, -0.05) is 17.7 Å². The lowest BCUT2D eigenvalue weighted by atomic mass is 10.3. The number of hydrazine groups is 1. The predicted octanol–water partition coefficient (Wildman–Crippen LogP) is 1.89. The molecule has 2 heterocycles. The molecule has 0 atom stereocenters. The van der Waals surface area contributed by atoms with Crippen molar-refractivity contribution in [2.45, 2.75) is 0 Å². The van der Waals surface area contributed by atoms with Crippen molar-refractivity contribution in [3.8, 4) is 0 Å². The highest BCUT2D eigenvalue weighted by atomic mass is 35.5. The minimum absolute atomic E-state index is 0.312. The second-order valence-corrected chi connectivity index (χ2v) is 3.54. The normalized spacial score (nSPS) is 9.71. The maximum Gasteiger partial charge on any atom is 0.288 e. The highest BCUT2D eigenvalue weighted by Gasteiger charge is 2.06. The zero-order valence-electron chi connectivity index (χ0n) is 8.72. The van der Waals surface area contributed by atoms with E-state index in [0.717, 1.165) is 0 Å². The molecular weight excluding hydrogens is 240 g/mol. The number of halogens is 1. The van der Waals surface area contributed by atoms with Crippen LogP contribution in [0.3, 0.4) is 0 Å². The van der Waals surface area contributed by atoms with Gasteiger partial charge < -0.3 is 0 Å². The van der Waals surface area contributed by atoms with Gasteiger partial charge in [-0.3, -0.25) is 20.6 Å². The summed E-state index contributed by atoms with van der Waals surface area (Å²) in [6, 6.07) is 8.45. The summed E-state index contributed by atoms with van der Waals surface area (Å²) < 4.78 is 0. The van der Waals surface area contributed by atoms with E-state index in [4.69, 9.17) is 11.6 Å². The Hall–Kier alpha value is -2.14. The van der Waals surface area contributed by atoms with Crippen molar-refractivity contribution >= 4 is 23.3 Å². The van der Waals surface area contributed by atoms with Crippen molar-refractivity contribution < 1.29 is 4.79 Å².